The SMILES string of the molecule is Cc1nc(-c2sccc2Br)nc(F)c1Br. The number of thiophene rings is 1. The molecule has 0 spiro atoms. The van der Waals surface area contributed by atoms with Crippen molar-refractivity contribution in [2.24, 2.45) is 0 Å². The van der Waals surface area contributed by atoms with Crippen molar-refractivity contribution in [3.8, 4) is 10.7 Å². The van der Waals surface area contributed by atoms with Crippen LogP contribution < -0.4 is 0 Å². The lowest BCUT2D eigenvalue weighted by atomic mass is 10.4. The molecule has 0 radical (unpaired) electrons. The molecule has 2 rings (SSSR count). The summed E-state index contributed by atoms with van der Waals surface area (Å²) in [5.41, 5.74) is 0.595. The lowest BCUT2D eigenvalue weighted by Gasteiger charge is -2.02. The Kier molecular flexibility index (Phi) is 3.18. The van der Waals surface area contributed by atoms with E-state index in [4.69, 9.17) is 0 Å². The maximum absolute atomic E-state index is 13.4. The number of aromatic nitrogens is 2. The van der Waals surface area contributed by atoms with E-state index in [1.54, 1.807) is 6.92 Å². The average molecular weight is 352 g/mol. The van der Waals surface area contributed by atoms with Gasteiger partial charge < -0.3 is 0 Å². The van der Waals surface area contributed by atoms with Crippen LogP contribution in [0.3, 0.4) is 0 Å². The number of hydrogen-bond acceptors (Lipinski definition) is 3. The Morgan fingerprint density at radius 3 is 2.60 bits per heavy atom. The molecule has 2 heterocycles. The van der Waals surface area contributed by atoms with Crippen molar-refractivity contribution in [1.29, 1.82) is 0 Å². The van der Waals surface area contributed by atoms with Gasteiger partial charge in [0.15, 0.2) is 5.82 Å². The molecule has 0 amide bonds. The first kappa shape index (κ1) is 11.2. The first-order valence-electron chi connectivity index (χ1n) is 4.02. The van der Waals surface area contributed by atoms with E-state index in [0.717, 1.165) is 9.35 Å². The van der Waals surface area contributed by atoms with Crippen LogP contribution in [-0.4, -0.2) is 9.97 Å². The molecule has 78 valence electrons. The van der Waals surface area contributed by atoms with Crippen LogP contribution >= 0.6 is 43.2 Å². The third-order valence-corrected chi connectivity index (χ3v) is 4.53. The minimum atomic E-state index is -0.530. The van der Waals surface area contributed by atoms with E-state index in [1.165, 1.54) is 11.3 Å². The largest absolute Gasteiger partial charge is 0.231 e. The molecule has 0 saturated heterocycles. The molecule has 0 N–H and O–H groups in total. The predicted octanol–water partition coefficient (Wildman–Crippen LogP) is 4.18. The van der Waals surface area contributed by atoms with Crippen molar-refractivity contribution in [3.63, 3.8) is 0 Å². The van der Waals surface area contributed by atoms with Gasteiger partial charge in [0.05, 0.1) is 15.0 Å². The summed E-state index contributed by atoms with van der Waals surface area (Å²) in [6, 6.07) is 1.89. The number of aryl methyl sites for hydroxylation is 1. The summed E-state index contributed by atoms with van der Waals surface area (Å²) in [5, 5.41) is 1.90. The summed E-state index contributed by atoms with van der Waals surface area (Å²) < 4.78 is 14.6. The van der Waals surface area contributed by atoms with Gasteiger partial charge in [0, 0.05) is 4.47 Å². The quantitative estimate of drug-likeness (QED) is 0.720. The number of rotatable bonds is 1. The van der Waals surface area contributed by atoms with E-state index < -0.39 is 5.95 Å². The summed E-state index contributed by atoms with van der Waals surface area (Å²) in [4.78, 5) is 8.85. The summed E-state index contributed by atoms with van der Waals surface area (Å²) in [6.07, 6.45) is 0. The molecule has 0 fully saturated rings. The number of hydrogen-bond donors (Lipinski definition) is 0. The lowest BCUT2D eigenvalue weighted by molar-refractivity contribution is 0.572. The zero-order valence-corrected chi connectivity index (χ0v) is 11.6. The van der Waals surface area contributed by atoms with Crippen LogP contribution in [0.25, 0.3) is 10.7 Å². The number of nitrogens with zero attached hydrogens (tertiary/aromatic N) is 2. The van der Waals surface area contributed by atoms with E-state index in [-0.39, 0.29) is 0 Å². The minimum absolute atomic E-state index is 0.318. The Morgan fingerprint density at radius 1 is 1.33 bits per heavy atom. The van der Waals surface area contributed by atoms with Crippen LogP contribution in [0, 0.1) is 12.9 Å². The van der Waals surface area contributed by atoms with E-state index in [2.05, 4.69) is 41.8 Å². The average Bonchev–Trinajstić information content (AvgIpc) is 2.60. The highest BCUT2D eigenvalue weighted by atomic mass is 79.9. The fourth-order valence-corrected chi connectivity index (χ4v) is 2.74. The zero-order chi connectivity index (χ0) is 11.0. The van der Waals surface area contributed by atoms with Crippen LogP contribution in [0.2, 0.25) is 0 Å². The van der Waals surface area contributed by atoms with Gasteiger partial charge in [-0.1, -0.05) is 0 Å². The third kappa shape index (κ3) is 2.11. The van der Waals surface area contributed by atoms with Crippen LogP contribution in [0.15, 0.2) is 20.4 Å². The molecule has 0 aromatic carbocycles. The molecule has 6 heteroatoms. The maximum atomic E-state index is 13.4. The minimum Gasteiger partial charge on any atom is -0.231 e. The molecule has 0 atom stereocenters. The molecule has 0 aliphatic heterocycles. The monoisotopic (exact) mass is 350 g/mol. The molecule has 0 aliphatic carbocycles. The van der Waals surface area contributed by atoms with Crippen molar-refractivity contribution in [2.45, 2.75) is 6.92 Å². The first-order chi connectivity index (χ1) is 7.09. The molecule has 2 nitrogen and oxygen atoms in total. The van der Waals surface area contributed by atoms with Gasteiger partial charge in [-0.25, -0.2) is 4.98 Å². The molecule has 0 unspecified atom stereocenters. The van der Waals surface area contributed by atoms with Crippen LogP contribution in [0.1, 0.15) is 5.69 Å². The topological polar surface area (TPSA) is 25.8 Å². The molecule has 2 aromatic heterocycles. The molecular weight excluding hydrogens is 347 g/mol. The Morgan fingerprint density at radius 2 is 2.07 bits per heavy atom. The molecule has 0 bridgehead atoms. The summed E-state index contributed by atoms with van der Waals surface area (Å²) >= 11 is 7.93. The van der Waals surface area contributed by atoms with Gasteiger partial charge in [0.25, 0.3) is 0 Å². The summed E-state index contributed by atoms with van der Waals surface area (Å²) in [6.45, 7) is 1.74. The van der Waals surface area contributed by atoms with Gasteiger partial charge in [-0.2, -0.15) is 9.37 Å². The highest BCUT2D eigenvalue weighted by Crippen LogP contribution is 2.32. The second-order valence-electron chi connectivity index (χ2n) is 2.84. The van der Waals surface area contributed by atoms with Crippen molar-refractivity contribution in [3.05, 3.63) is 32.0 Å². The first-order valence-corrected chi connectivity index (χ1v) is 6.49. The highest BCUT2D eigenvalue weighted by molar-refractivity contribution is 9.11. The van der Waals surface area contributed by atoms with Gasteiger partial charge in [-0.3, -0.25) is 0 Å². The van der Waals surface area contributed by atoms with Gasteiger partial charge in [0.1, 0.15) is 0 Å². The van der Waals surface area contributed by atoms with Gasteiger partial charge in [-0.15, -0.1) is 11.3 Å². The molecular formula is C9H5Br2FN2S. The van der Waals surface area contributed by atoms with Crippen molar-refractivity contribution in [1.82, 2.24) is 9.97 Å². The zero-order valence-electron chi connectivity index (χ0n) is 7.59. The Hall–Kier alpha value is -0.330. The van der Waals surface area contributed by atoms with E-state index in [9.17, 15) is 4.39 Å². The Labute approximate surface area is 107 Å². The third-order valence-electron chi connectivity index (χ3n) is 1.80. The second kappa shape index (κ2) is 4.27. The lowest BCUT2D eigenvalue weighted by Crippen LogP contribution is -1.96. The normalized spacial score (nSPS) is 10.7. The van der Waals surface area contributed by atoms with E-state index in [1.807, 2.05) is 11.4 Å². The standard InChI is InChI=1S/C9H5Br2FN2S/c1-4-6(11)8(12)14-9(13-4)7-5(10)2-3-15-7/h2-3H,1H3. The van der Waals surface area contributed by atoms with E-state index >= 15 is 0 Å². The predicted molar refractivity (Wildman–Crippen MR) is 65.4 cm³/mol. The fraction of sp³-hybridized carbons (Fsp3) is 0.111. The van der Waals surface area contributed by atoms with Gasteiger partial charge in [0.2, 0.25) is 5.95 Å². The van der Waals surface area contributed by atoms with E-state index in [0.29, 0.717) is 16.0 Å². The van der Waals surface area contributed by atoms with Crippen molar-refractivity contribution >= 4 is 43.2 Å². The smallest absolute Gasteiger partial charge is 0.231 e. The highest BCUT2D eigenvalue weighted by Gasteiger charge is 2.13. The molecule has 2 aromatic rings. The molecule has 0 aliphatic rings. The van der Waals surface area contributed by atoms with Crippen LogP contribution in [0.4, 0.5) is 4.39 Å². The molecule has 15 heavy (non-hydrogen) atoms. The van der Waals surface area contributed by atoms with Gasteiger partial charge in [-0.05, 0) is 50.2 Å². The summed E-state index contributed by atoms with van der Waals surface area (Å²) in [5.74, 6) is -0.118. The Bertz CT molecular complexity index is 490. The van der Waals surface area contributed by atoms with Crippen LogP contribution in [-0.2, 0) is 0 Å². The van der Waals surface area contributed by atoms with Crippen molar-refractivity contribution in [2.75, 3.05) is 0 Å². The number of halogens is 3. The second-order valence-corrected chi connectivity index (χ2v) is 5.40. The van der Waals surface area contributed by atoms with Gasteiger partial charge >= 0.3 is 0 Å². The summed E-state index contributed by atoms with van der Waals surface area (Å²) in [7, 11) is 0. The fourth-order valence-electron chi connectivity index (χ4n) is 1.08. The van der Waals surface area contributed by atoms with Crippen molar-refractivity contribution < 1.29 is 4.39 Å². The van der Waals surface area contributed by atoms with Crippen LogP contribution in [0.5, 0.6) is 0 Å². The maximum Gasteiger partial charge on any atom is 0.231 e. The Balaban J connectivity index is 2.60. The molecule has 0 saturated carbocycles.